The molecule has 0 saturated heterocycles. The van der Waals surface area contributed by atoms with Crippen molar-refractivity contribution in [3.05, 3.63) is 29.0 Å². The lowest BCUT2D eigenvalue weighted by molar-refractivity contribution is 0.538. The van der Waals surface area contributed by atoms with E-state index in [0.717, 1.165) is 29.0 Å². The average molecular weight is 303 g/mol. The maximum Gasteiger partial charge on any atom is 0.125 e. The number of hydrogen-bond donors (Lipinski definition) is 0. The van der Waals surface area contributed by atoms with E-state index in [2.05, 4.69) is 22.7 Å². The zero-order chi connectivity index (χ0) is 13.1. The number of halogens is 2. The molecule has 0 spiro atoms. The molecule has 1 aromatic heterocycles. The van der Waals surface area contributed by atoms with Gasteiger partial charge in [0.15, 0.2) is 0 Å². The van der Waals surface area contributed by atoms with Crippen LogP contribution in [-0.4, -0.2) is 21.6 Å². The summed E-state index contributed by atoms with van der Waals surface area (Å²) in [5, 5.41) is 0.714. The summed E-state index contributed by atoms with van der Waals surface area (Å²) < 4.78 is 2.26. The van der Waals surface area contributed by atoms with Crippen molar-refractivity contribution in [3.63, 3.8) is 0 Å². The second-order valence-corrected chi connectivity index (χ2v) is 5.80. The second-order valence-electron chi connectivity index (χ2n) is 4.18. The normalized spacial score (nSPS) is 13.1. The number of rotatable bonds is 5. The Morgan fingerprint density at radius 3 is 2.83 bits per heavy atom. The lowest BCUT2D eigenvalue weighted by atomic mass is 10.2. The molecular formula is C13H16Cl2N2S. The molecule has 1 atom stereocenters. The number of fused-ring (bicyclic) bond motifs is 1. The molecule has 5 heteroatoms. The minimum atomic E-state index is 0.428. The van der Waals surface area contributed by atoms with E-state index in [4.69, 9.17) is 23.2 Å². The fourth-order valence-corrected chi connectivity index (χ4v) is 3.32. The predicted molar refractivity (Wildman–Crippen MR) is 82.0 cm³/mol. The summed E-state index contributed by atoms with van der Waals surface area (Å²) in [5.41, 5.74) is 2.05. The van der Waals surface area contributed by atoms with Crippen LogP contribution in [0.1, 0.15) is 25.2 Å². The van der Waals surface area contributed by atoms with Gasteiger partial charge >= 0.3 is 0 Å². The Kier molecular flexibility index (Phi) is 4.82. The van der Waals surface area contributed by atoms with Crippen LogP contribution in [-0.2, 0) is 5.88 Å². The number of nitrogens with zero attached hydrogens (tertiary/aromatic N) is 2. The number of imidazole rings is 1. The van der Waals surface area contributed by atoms with Crippen LogP contribution in [0.2, 0.25) is 5.02 Å². The van der Waals surface area contributed by atoms with Gasteiger partial charge in [-0.1, -0.05) is 18.5 Å². The Hall–Kier alpha value is -0.380. The molecule has 0 amide bonds. The first-order valence-corrected chi connectivity index (χ1v) is 8.23. The van der Waals surface area contributed by atoms with Crippen molar-refractivity contribution in [2.75, 3.05) is 12.0 Å². The van der Waals surface area contributed by atoms with E-state index in [-0.39, 0.29) is 0 Å². The SMILES string of the molecule is CCC(CSC)n1c(CCl)nc2cc(Cl)ccc21. The summed E-state index contributed by atoms with van der Waals surface area (Å²) in [7, 11) is 0. The molecule has 98 valence electrons. The van der Waals surface area contributed by atoms with Crippen LogP contribution in [0.5, 0.6) is 0 Å². The third-order valence-corrected chi connectivity index (χ3v) is 4.23. The molecule has 0 N–H and O–H groups in total. The first-order chi connectivity index (χ1) is 8.71. The molecule has 1 heterocycles. The van der Waals surface area contributed by atoms with E-state index in [1.165, 1.54) is 0 Å². The highest BCUT2D eigenvalue weighted by atomic mass is 35.5. The third kappa shape index (κ3) is 2.63. The van der Waals surface area contributed by atoms with Crippen LogP contribution in [0.15, 0.2) is 18.2 Å². The van der Waals surface area contributed by atoms with Gasteiger partial charge in [-0.2, -0.15) is 11.8 Å². The lowest BCUT2D eigenvalue weighted by Crippen LogP contribution is -2.13. The highest BCUT2D eigenvalue weighted by molar-refractivity contribution is 7.98. The Morgan fingerprint density at radius 2 is 2.22 bits per heavy atom. The van der Waals surface area contributed by atoms with Crippen LogP contribution in [0.25, 0.3) is 11.0 Å². The minimum Gasteiger partial charge on any atom is -0.323 e. The summed E-state index contributed by atoms with van der Waals surface area (Å²) in [4.78, 5) is 4.58. The molecule has 2 rings (SSSR count). The molecule has 0 aliphatic heterocycles. The molecule has 0 aliphatic rings. The number of benzene rings is 1. The van der Waals surface area contributed by atoms with E-state index >= 15 is 0 Å². The number of alkyl halides is 1. The van der Waals surface area contributed by atoms with Gasteiger partial charge < -0.3 is 4.57 Å². The minimum absolute atomic E-state index is 0.428. The quantitative estimate of drug-likeness (QED) is 0.742. The lowest BCUT2D eigenvalue weighted by Gasteiger charge is -2.18. The molecule has 0 aliphatic carbocycles. The molecular weight excluding hydrogens is 287 g/mol. The Bertz CT molecular complexity index is 539. The van der Waals surface area contributed by atoms with Gasteiger partial charge in [0, 0.05) is 16.8 Å². The number of hydrogen-bond acceptors (Lipinski definition) is 2. The predicted octanol–water partition coefficient (Wildman–Crippen LogP) is 4.74. The maximum absolute atomic E-state index is 6.02. The second kappa shape index (κ2) is 6.18. The molecule has 0 fully saturated rings. The van der Waals surface area contributed by atoms with Crippen LogP contribution in [0.3, 0.4) is 0 Å². The van der Waals surface area contributed by atoms with Gasteiger partial charge in [0.05, 0.1) is 16.9 Å². The van der Waals surface area contributed by atoms with Gasteiger partial charge in [-0.15, -0.1) is 11.6 Å². The highest BCUT2D eigenvalue weighted by Crippen LogP contribution is 2.28. The highest BCUT2D eigenvalue weighted by Gasteiger charge is 2.17. The molecule has 2 aromatic rings. The van der Waals surface area contributed by atoms with Gasteiger partial charge in [0.25, 0.3) is 0 Å². The van der Waals surface area contributed by atoms with Crippen molar-refractivity contribution in [1.29, 1.82) is 0 Å². The van der Waals surface area contributed by atoms with Crippen LogP contribution < -0.4 is 0 Å². The van der Waals surface area contributed by atoms with Crippen molar-refractivity contribution in [1.82, 2.24) is 9.55 Å². The van der Waals surface area contributed by atoms with Crippen molar-refractivity contribution < 1.29 is 0 Å². The van der Waals surface area contributed by atoms with Crippen molar-refractivity contribution in [2.45, 2.75) is 25.3 Å². The number of aromatic nitrogens is 2. The third-order valence-electron chi connectivity index (χ3n) is 3.04. The molecule has 0 saturated carbocycles. The standard InChI is InChI=1S/C13H16Cl2N2S/c1-3-10(8-18-2)17-12-5-4-9(15)6-11(12)16-13(17)7-14/h4-6,10H,3,7-8H2,1-2H3. The maximum atomic E-state index is 6.02. The van der Waals surface area contributed by atoms with E-state index in [0.29, 0.717) is 16.9 Å². The van der Waals surface area contributed by atoms with Crippen LogP contribution >= 0.6 is 35.0 Å². The summed E-state index contributed by atoms with van der Waals surface area (Å²) in [5.74, 6) is 2.42. The van der Waals surface area contributed by atoms with Gasteiger partial charge in [-0.05, 0) is 30.9 Å². The van der Waals surface area contributed by atoms with Gasteiger partial charge in [-0.3, -0.25) is 0 Å². The number of thioether (sulfide) groups is 1. The smallest absolute Gasteiger partial charge is 0.125 e. The van der Waals surface area contributed by atoms with Gasteiger partial charge in [0.1, 0.15) is 5.82 Å². The summed E-state index contributed by atoms with van der Waals surface area (Å²) in [6.45, 7) is 2.20. The molecule has 0 radical (unpaired) electrons. The molecule has 0 bridgehead atoms. The van der Waals surface area contributed by atoms with E-state index in [1.807, 2.05) is 30.0 Å². The van der Waals surface area contributed by atoms with Gasteiger partial charge in [0.2, 0.25) is 0 Å². The zero-order valence-corrected chi connectivity index (χ0v) is 12.8. The molecule has 1 unspecified atom stereocenters. The monoisotopic (exact) mass is 302 g/mol. The first kappa shape index (κ1) is 14.0. The van der Waals surface area contributed by atoms with E-state index in [9.17, 15) is 0 Å². The average Bonchev–Trinajstić information content (AvgIpc) is 2.73. The fourth-order valence-electron chi connectivity index (χ4n) is 2.19. The fraction of sp³-hybridized carbons (Fsp3) is 0.462. The molecule has 1 aromatic carbocycles. The van der Waals surface area contributed by atoms with Crippen molar-refractivity contribution in [3.8, 4) is 0 Å². The molecule has 18 heavy (non-hydrogen) atoms. The summed E-state index contributed by atoms with van der Waals surface area (Å²) >= 11 is 13.9. The van der Waals surface area contributed by atoms with Crippen LogP contribution in [0, 0.1) is 0 Å². The first-order valence-electron chi connectivity index (χ1n) is 5.92. The van der Waals surface area contributed by atoms with E-state index < -0.39 is 0 Å². The Balaban J connectivity index is 2.58. The van der Waals surface area contributed by atoms with Crippen molar-refractivity contribution in [2.24, 2.45) is 0 Å². The topological polar surface area (TPSA) is 17.8 Å². The molecule has 2 nitrogen and oxygen atoms in total. The summed E-state index contributed by atoms with van der Waals surface area (Å²) in [6, 6.07) is 6.27. The van der Waals surface area contributed by atoms with Crippen LogP contribution in [0.4, 0.5) is 0 Å². The van der Waals surface area contributed by atoms with Gasteiger partial charge in [-0.25, -0.2) is 4.98 Å². The Morgan fingerprint density at radius 1 is 1.44 bits per heavy atom. The Labute approximate surface area is 122 Å². The van der Waals surface area contributed by atoms with Crippen molar-refractivity contribution >= 4 is 46.0 Å². The zero-order valence-electron chi connectivity index (χ0n) is 10.5. The summed E-state index contributed by atoms with van der Waals surface area (Å²) in [6.07, 6.45) is 3.19. The largest absolute Gasteiger partial charge is 0.323 e. The van der Waals surface area contributed by atoms with E-state index in [1.54, 1.807) is 0 Å².